The summed E-state index contributed by atoms with van der Waals surface area (Å²) in [6.45, 7) is 0.458. The monoisotopic (exact) mass is 282 g/mol. The highest BCUT2D eigenvalue weighted by molar-refractivity contribution is 7.09. The van der Waals surface area contributed by atoms with Crippen molar-refractivity contribution in [3.8, 4) is 0 Å². The fourth-order valence-corrected chi connectivity index (χ4v) is 2.41. The molecule has 0 saturated carbocycles. The molecule has 2 heterocycles. The smallest absolute Gasteiger partial charge is 0.322 e. The van der Waals surface area contributed by atoms with Crippen LogP contribution < -0.4 is 10.6 Å². The van der Waals surface area contributed by atoms with Gasteiger partial charge in [0.1, 0.15) is 11.0 Å². The Bertz CT molecular complexity index is 488. The zero-order valence-corrected chi connectivity index (χ0v) is 11.2. The van der Waals surface area contributed by atoms with Crippen LogP contribution >= 0.6 is 11.3 Å². The van der Waals surface area contributed by atoms with Gasteiger partial charge < -0.3 is 10.2 Å². The van der Waals surface area contributed by atoms with Crippen molar-refractivity contribution >= 4 is 29.2 Å². The zero-order chi connectivity index (χ0) is 13.8. The number of nitrogens with one attached hydrogen (secondary N) is 2. The van der Waals surface area contributed by atoms with Gasteiger partial charge in [0.05, 0.1) is 6.54 Å². The van der Waals surface area contributed by atoms with E-state index in [4.69, 9.17) is 0 Å². The van der Waals surface area contributed by atoms with Gasteiger partial charge in [-0.3, -0.25) is 14.9 Å². The number of amides is 4. The SMILES string of the molecule is CN(Cc1nccs1)C(=O)CC[C@@H]1NC(=O)NC1=O. The van der Waals surface area contributed by atoms with E-state index >= 15 is 0 Å². The highest BCUT2D eigenvalue weighted by Crippen LogP contribution is 2.09. The lowest BCUT2D eigenvalue weighted by molar-refractivity contribution is -0.130. The number of urea groups is 1. The second-order valence-electron chi connectivity index (χ2n) is 4.23. The fraction of sp³-hybridized carbons (Fsp3) is 0.455. The van der Waals surface area contributed by atoms with E-state index in [1.165, 1.54) is 11.3 Å². The van der Waals surface area contributed by atoms with Gasteiger partial charge in [0.25, 0.3) is 5.91 Å². The van der Waals surface area contributed by atoms with E-state index in [9.17, 15) is 14.4 Å². The minimum atomic E-state index is -0.607. The minimum absolute atomic E-state index is 0.0795. The summed E-state index contributed by atoms with van der Waals surface area (Å²) in [7, 11) is 1.69. The molecule has 0 unspecified atom stereocenters. The van der Waals surface area contributed by atoms with Crippen molar-refractivity contribution in [2.45, 2.75) is 25.4 Å². The number of rotatable bonds is 5. The predicted molar refractivity (Wildman–Crippen MR) is 68.3 cm³/mol. The van der Waals surface area contributed by atoms with Crippen molar-refractivity contribution in [1.82, 2.24) is 20.5 Å². The average Bonchev–Trinajstić information content (AvgIpc) is 2.96. The van der Waals surface area contributed by atoms with Crippen LogP contribution in [0.5, 0.6) is 0 Å². The lowest BCUT2D eigenvalue weighted by Gasteiger charge is -2.16. The summed E-state index contributed by atoms with van der Waals surface area (Å²) in [5, 5.41) is 7.31. The molecule has 1 aromatic rings. The molecule has 0 aliphatic carbocycles. The molecule has 1 saturated heterocycles. The van der Waals surface area contributed by atoms with Crippen molar-refractivity contribution in [2.24, 2.45) is 0 Å². The van der Waals surface area contributed by atoms with Crippen molar-refractivity contribution < 1.29 is 14.4 Å². The maximum absolute atomic E-state index is 11.9. The molecule has 1 fully saturated rings. The predicted octanol–water partition coefficient (Wildman–Crippen LogP) is 0.0897. The Balaban J connectivity index is 1.78. The highest BCUT2D eigenvalue weighted by Gasteiger charge is 2.29. The summed E-state index contributed by atoms with van der Waals surface area (Å²) in [4.78, 5) is 39.7. The van der Waals surface area contributed by atoms with E-state index in [0.717, 1.165) is 5.01 Å². The van der Waals surface area contributed by atoms with Crippen molar-refractivity contribution in [2.75, 3.05) is 7.05 Å². The summed E-state index contributed by atoms with van der Waals surface area (Å²) in [6, 6.07) is -1.11. The van der Waals surface area contributed by atoms with Crippen LogP contribution in [0.15, 0.2) is 11.6 Å². The second-order valence-corrected chi connectivity index (χ2v) is 5.21. The molecule has 1 aliphatic rings. The van der Waals surface area contributed by atoms with Crippen molar-refractivity contribution in [3.05, 3.63) is 16.6 Å². The molecule has 0 bridgehead atoms. The van der Waals surface area contributed by atoms with E-state index in [2.05, 4.69) is 15.6 Å². The summed E-state index contributed by atoms with van der Waals surface area (Å²) in [5.74, 6) is -0.454. The molecule has 0 aromatic carbocycles. The fourth-order valence-electron chi connectivity index (χ4n) is 1.74. The molecule has 4 amide bonds. The lowest BCUT2D eigenvalue weighted by Crippen LogP contribution is -2.32. The number of nitrogens with zero attached hydrogens (tertiary/aromatic N) is 2. The van der Waals surface area contributed by atoms with Crippen LogP contribution in [0.4, 0.5) is 4.79 Å². The first-order valence-corrected chi connectivity index (χ1v) is 6.68. The third-order valence-corrected chi connectivity index (χ3v) is 3.55. The molecule has 8 heteroatoms. The third kappa shape index (κ3) is 3.50. The van der Waals surface area contributed by atoms with Gasteiger partial charge in [0.2, 0.25) is 5.91 Å². The first-order valence-electron chi connectivity index (χ1n) is 5.80. The Hall–Kier alpha value is -1.96. The van der Waals surface area contributed by atoms with Gasteiger partial charge in [-0.15, -0.1) is 11.3 Å². The molecule has 102 valence electrons. The molecule has 1 atom stereocenters. The third-order valence-electron chi connectivity index (χ3n) is 2.79. The van der Waals surface area contributed by atoms with Crippen LogP contribution in [-0.4, -0.2) is 40.8 Å². The Morgan fingerprint density at radius 3 is 2.89 bits per heavy atom. The quantitative estimate of drug-likeness (QED) is 0.749. The molecule has 1 aliphatic heterocycles. The second kappa shape index (κ2) is 5.79. The van der Waals surface area contributed by atoms with E-state index in [1.54, 1.807) is 18.1 Å². The topological polar surface area (TPSA) is 91.4 Å². The normalized spacial score (nSPS) is 18.1. The summed E-state index contributed by atoms with van der Waals surface area (Å²) in [6.07, 6.45) is 2.20. The van der Waals surface area contributed by atoms with Gasteiger partial charge in [-0.25, -0.2) is 9.78 Å². The van der Waals surface area contributed by atoms with Gasteiger partial charge in [-0.2, -0.15) is 0 Å². The van der Waals surface area contributed by atoms with E-state index in [-0.39, 0.29) is 18.2 Å². The highest BCUT2D eigenvalue weighted by atomic mass is 32.1. The van der Waals surface area contributed by atoms with Crippen LogP contribution in [0.3, 0.4) is 0 Å². The van der Waals surface area contributed by atoms with Crippen LogP contribution in [0.1, 0.15) is 17.8 Å². The number of hydrogen-bond donors (Lipinski definition) is 2. The van der Waals surface area contributed by atoms with E-state index < -0.39 is 12.1 Å². The van der Waals surface area contributed by atoms with Crippen LogP contribution in [0, 0.1) is 0 Å². The molecular formula is C11H14N4O3S. The maximum Gasteiger partial charge on any atom is 0.322 e. The Morgan fingerprint density at radius 2 is 2.32 bits per heavy atom. The van der Waals surface area contributed by atoms with Crippen LogP contribution in [0.2, 0.25) is 0 Å². The number of imide groups is 1. The summed E-state index contributed by atoms with van der Waals surface area (Å²) < 4.78 is 0. The zero-order valence-electron chi connectivity index (χ0n) is 10.4. The van der Waals surface area contributed by atoms with Gasteiger partial charge in [-0.1, -0.05) is 0 Å². The van der Waals surface area contributed by atoms with E-state index in [0.29, 0.717) is 13.0 Å². The largest absolute Gasteiger partial charge is 0.339 e. The molecule has 7 nitrogen and oxygen atoms in total. The van der Waals surface area contributed by atoms with Crippen LogP contribution in [0.25, 0.3) is 0 Å². The van der Waals surface area contributed by atoms with Gasteiger partial charge in [-0.05, 0) is 6.42 Å². The minimum Gasteiger partial charge on any atom is -0.339 e. The number of aromatic nitrogens is 1. The standard InChI is InChI=1S/C11H14N4O3S/c1-15(6-8-12-4-5-19-8)9(16)3-2-7-10(17)14-11(18)13-7/h4-5,7H,2-3,6H2,1H3,(H2,13,14,17,18)/t7-/m0/s1. The Labute approximate surface area is 114 Å². The average molecular weight is 282 g/mol. The Kier molecular flexibility index (Phi) is 4.10. The molecular weight excluding hydrogens is 268 g/mol. The number of carbonyl (C=O) groups is 3. The van der Waals surface area contributed by atoms with E-state index in [1.807, 2.05) is 5.38 Å². The number of carbonyl (C=O) groups excluding carboxylic acids is 3. The first-order chi connectivity index (χ1) is 9.06. The number of hydrogen-bond acceptors (Lipinski definition) is 5. The maximum atomic E-state index is 11.9. The van der Waals surface area contributed by atoms with Gasteiger partial charge in [0.15, 0.2) is 0 Å². The van der Waals surface area contributed by atoms with Crippen molar-refractivity contribution in [1.29, 1.82) is 0 Å². The Morgan fingerprint density at radius 1 is 1.53 bits per heavy atom. The molecule has 0 spiro atoms. The molecule has 0 radical (unpaired) electrons. The molecule has 19 heavy (non-hydrogen) atoms. The van der Waals surface area contributed by atoms with Crippen molar-refractivity contribution in [3.63, 3.8) is 0 Å². The van der Waals surface area contributed by atoms with Crippen LogP contribution in [-0.2, 0) is 16.1 Å². The summed E-state index contributed by atoms with van der Waals surface area (Å²) in [5.41, 5.74) is 0. The summed E-state index contributed by atoms with van der Waals surface area (Å²) >= 11 is 1.49. The number of thiazole rings is 1. The lowest BCUT2D eigenvalue weighted by atomic mass is 10.1. The van der Waals surface area contributed by atoms with Gasteiger partial charge >= 0.3 is 6.03 Å². The van der Waals surface area contributed by atoms with Gasteiger partial charge in [0, 0.05) is 25.0 Å². The molecule has 1 aromatic heterocycles. The molecule has 2 rings (SSSR count). The molecule has 2 N–H and O–H groups in total. The first kappa shape index (κ1) is 13.5.